The molecule has 0 bridgehead atoms. The molecule has 140 valence electrons. The van der Waals surface area contributed by atoms with E-state index in [0.717, 1.165) is 38.5 Å². The van der Waals surface area contributed by atoms with Gasteiger partial charge >= 0.3 is 0 Å². The zero-order chi connectivity index (χ0) is 18.5. The fourth-order valence-corrected chi connectivity index (χ4v) is 4.11. The topological polar surface area (TPSA) is 66.5 Å². The summed E-state index contributed by atoms with van der Waals surface area (Å²) < 4.78 is 0. The van der Waals surface area contributed by atoms with Crippen LogP contribution in [0.15, 0.2) is 30.3 Å². The van der Waals surface area contributed by atoms with Gasteiger partial charge in [0.25, 0.3) is 0 Å². The minimum atomic E-state index is -0.135. The molecule has 5 nitrogen and oxygen atoms in total. The lowest BCUT2D eigenvalue weighted by atomic mass is 9.81. The smallest absolute Gasteiger partial charge is 0.233 e. The highest BCUT2D eigenvalue weighted by molar-refractivity contribution is 6.05. The van der Waals surface area contributed by atoms with Crippen LogP contribution in [0.3, 0.4) is 0 Å². The fourth-order valence-electron chi connectivity index (χ4n) is 4.11. The lowest BCUT2D eigenvalue weighted by molar-refractivity contribution is -0.140. The van der Waals surface area contributed by atoms with Gasteiger partial charge in [-0.2, -0.15) is 0 Å². The number of hydrogen-bond acceptors (Lipinski definition) is 3. The van der Waals surface area contributed by atoms with E-state index in [1.165, 1.54) is 10.5 Å². The van der Waals surface area contributed by atoms with Gasteiger partial charge in [0.1, 0.15) is 0 Å². The highest BCUT2D eigenvalue weighted by Gasteiger charge is 2.47. The summed E-state index contributed by atoms with van der Waals surface area (Å²) in [5.41, 5.74) is 1.25. The maximum atomic E-state index is 12.4. The van der Waals surface area contributed by atoms with Crippen molar-refractivity contribution in [1.82, 2.24) is 10.2 Å². The number of amides is 3. The molecule has 1 aliphatic heterocycles. The highest BCUT2D eigenvalue weighted by Crippen LogP contribution is 2.37. The average Bonchev–Trinajstić information content (AvgIpc) is 2.90. The molecule has 1 aromatic carbocycles. The Kier molecular flexibility index (Phi) is 6.07. The fraction of sp³-hybridized carbons (Fsp3) is 0.571. The first-order valence-electron chi connectivity index (χ1n) is 9.75. The monoisotopic (exact) mass is 356 g/mol. The van der Waals surface area contributed by atoms with E-state index >= 15 is 0 Å². The molecule has 0 radical (unpaired) electrons. The molecule has 2 fully saturated rings. The summed E-state index contributed by atoms with van der Waals surface area (Å²) in [6, 6.07) is 10.2. The van der Waals surface area contributed by atoms with E-state index in [9.17, 15) is 14.4 Å². The molecule has 2 aliphatic rings. The van der Waals surface area contributed by atoms with E-state index < -0.39 is 0 Å². The molecular formula is C21H28N2O3. The number of nitrogens with zero attached hydrogens (tertiary/aromatic N) is 1. The van der Waals surface area contributed by atoms with Crippen LogP contribution >= 0.6 is 0 Å². The van der Waals surface area contributed by atoms with Crippen LogP contribution in [0.1, 0.15) is 51.0 Å². The maximum Gasteiger partial charge on any atom is 0.233 e. The van der Waals surface area contributed by atoms with E-state index in [-0.39, 0.29) is 48.6 Å². The molecule has 1 aromatic rings. The van der Waals surface area contributed by atoms with Crippen LogP contribution in [-0.4, -0.2) is 35.2 Å². The molecule has 3 atom stereocenters. The van der Waals surface area contributed by atoms with E-state index in [1.54, 1.807) is 0 Å². The quantitative estimate of drug-likeness (QED) is 0.764. The van der Waals surface area contributed by atoms with Gasteiger partial charge in [-0.05, 0) is 38.2 Å². The Balaban J connectivity index is 1.42. The maximum absolute atomic E-state index is 12.4. The predicted molar refractivity (Wildman–Crippen MR) is 99.2 cm³/mol. The minimum absolute atomic E-state index is 0.0651. The zero-order valence-corrected chi connectivity index (χ0v) is 15.4. The number of benzene rings is 1. The number of fused-ring (bicyclic) bond motifs is 1. The van der Waals surface area contributed by atoms with Crippen LogP contribution in [0.25, 0.3) is 0 Å². The van der Waals surface area contributed by atoms with Crippen molar-refractivity contribution in [1.29, 1.82) is 0 Å². The third-order valence-corrected chi connectivity index (χ3v) is 5.61. The molecule has 3 rings (SSSR count). The van der Waals surface area contributed by atoms with E-state index in [1.807, 2.05) is 25.1 Å². The SMILES string of the molecule is C[C@H](CCc1ccccc1)NC(=O)CCN1C(=O)[C@H]2CCCC[C@H]2C1=O. The number of likely N-dealkylation sites (tertiary alicyclic amines) is 1. The first-order chi connectivity index (χ1) is 12.6. The molecule has 26 heavy (non-hydrogen) atoms. The molecule has 0 aromatic heterocycles. The van der Waals surface area contributed by atoms with Gasteiger partial charge in [0, 0.05) is 19.0 Å². The summed E-state index contributed by atoms with van der Waals surface area (Å²) in [5.74, 6) is -0.497. The van der Waals surface area contributed by atoms with Crippen molar-refractivity contribution in [3.05, 3.63) is 35.9 Å². The van der Waals surface area contributed by atoms with Gasteiger partial charge in [0.2, 0.25) is 17.7 Å². The Morgan fingerprint density at radius 2 is 1.73 bits per heavy atom. The van der Waals surface area contributed by atoms with E-state index in [4.69, 9.17) is 0 Å². The Bertz CT molecular complexity index is 634. The van der Waals surface area contributed by atoms with Gasteiger partial charge in [-0.15, -0.1) is 0 Å². The van der Waals surface area contributed by atoms with Gasteiger partial charge in [0.15, 0.2) is 0 Å². The van der Waals surface area contributed by atoms with Crippen molar-refractivity contribution in [2.75, 3.05) is 6.54 Å². The zero-order valence-electron chi connectivity index (χ0n) is 15.4. The molecule has 0 spiro atoms. The molecule has 1 N–H and O–H groups in total. The van der Waals surface area contributed by atoms with Gasteiger partial charge in [-0.1, -0.05) is 43.2 Å². The molecule has 1 saturated carbocycles. The molecule has 5 heteroatoms. The minimum Gasteiger partial charge on any atom is -0.354 e. The summed E-state index contributed by atoms with van der Waals surface area (Å²) in [5, 5.41) is 2.98. The van der Waals surface area contributed by atoms with E-state index in [0.29, 0.717) is 0 Å². The first kappa shape index (κ1) is 18.6. The van der Waals surface area contributed by atoms with Gasteiger partial charge in [0.05, 0.1) is 11.8 Å². The Morgan fingerprint density at radius 1 is 1.12 bits per heavy atom. The van der Waals surface area contributed by atoms with Crippen molar-refractivity contribution < 1.29 is 14.4 Å². The van der Waals surface area contributed by atoms with Crippen molar-refractivity contribution in [3.8, 4) is 0 Å². The first-order valence-corrected chi connectivity index (χ1v) is 9.75. The van der Waals surface area contributed by atoms with Gasteiger partial charge < -0.3 is 5.32 Å². The number of rotatable bonds is 7. The average molecular weight is 356 g/mol. The second kappa shape index (κ2) is 8.47. The van der Waals surface area contributed by atoms with Crippen LogP contribution in [0.5, 0.6) is 0 Å². The molecule has 1 saturated heterocycles. The van der Waals surface area contributed by atoms with Crippen molar-refractivity contribution in [3.63, 3.8) is 0 Å². The largest absolute Gasteiger partial charge is 0.354 e. The Labute approximate surface area is 155 Å². The van der Waals surface area contributed by atoms with Crippen molar-refractivity contribution in [2.45, 2.75) is 57.9 Å². The number of carbonyl (C=O) groups is 3. The Morgan fingerprint density at radius 3 is 2.35 bits per heavy atom. The van der Waals surface area contributed by atoms with Crippen LogP contribution in [0.2, 0.25) is 0 Å². The van der Waals surface area contributed by atoms with Crippen molar-refractivity contribution >= 4 is 17.7 Å². The number of hydrogen-bond donors (Lipinski definition) is 1. The number of imide groups is 1. The summed E-state index contributed by atoms with van der Waals surface area (Å²) in [7, 11) is 0. The lowest BCUT2D eigenvalue weighted by Gasteiger charge is -2.19. The van der Waals surface area contributed by atoms with Crippen LogP contribution < -0.4 is 5.32 Å². The highest BCUT2D eigenvalue weighted by atomic mass is 16.2. The third kappa shape index (κ3) is 4.32. The number of carbonyl (C=O) groups excluding carboxylic acids is 3. The molecule has 1 aliphatic carbocycles. The molecule has 0 unspecified atom stereocenters. The number of aryl methyl sites for hydroxylation is 1. The molecule has 1 heterocycles. The second-order valence-corrected chi connectivity index (χ2v) is 7.57. The summed E-state index contributed by atoms with van der Waals surface area (Å²) in [6.45, 7) is 2.20. The predicted octanol–water partition coefficient (Wildman–Crippen LogP) is 2.69. The van der Waals surface area contributed by atoms with Gasteiger partial charge in [-0.3, -0.25) is 19.3 Å². The number of nitrogens with one attached hydrogen (secondary N) is 1. The summed E-state index contributed by atoms with van der Waals surface area (Å²) in [4.78, 5) is 38.4. The van der Waals surface area contributed by atoms with Crippen molar-refractivity contribution in [2.24, 2.45) is 11.8 Å². The van der Waals surface area contributed by atoms with E-state index in [2.05, 4.69) is 17.4 Å². The van der Waals surface area contributed by atoms with Crippen LogP contribution in [0, 0.1) is 11.8 Å². The second-order valence-electron chi connectivity index (χ2n) is 7.57. The molecular weight excluding hydrogens is 328 g/mol. The van der Waals surface area contributed by atoms with Gasteiger partial charge in [-0.25, -0.2) is 0 Å². The summed E-state index contributed by atoms with van der Waals surface area (Å²) >= 11 is 0. The standard InChI is InChI=1S/C21H28N2O3/c1-15(11-12-16-7-3-2-4-8-16)22-19(24)13-14-23-20(25)17-9-5-6-10-18(17)21(23)26/h2-4,7-8,15,17-18H,5-6,9-14H2,1H3,(H,22,24)/t15-,17-,18+/m1/s1. The Hall–Kier alpha value is -2.17. The third-order valence-electron chi connectivity index (χ3n) is 5.61. The summed E-state index contributed by atoms with van der Waals surface area (Å²) in [6.07, 6.45) is 5.63. The van der Waals surface area contributed by atoms with Crippen LogP contribution in [-0.2, 0) is 20.8 Å². The lowest BCUT2D eigenvalue weighted by Crippen LogP contribution is -2.38. The molecule has 3 amide bonds. The van der Waals surface area contributed by atoms with Crippen LogP contribution in [0.4, 0.5) is 0 Å². The normalized spacial score (nSPS) is 23.7.